The minimum atomic E-state index is -0.299. The quantitative estimate of drug-likeness (QED) is 0.376. The van der Waals surface area contributed by atoms with Crippen molar-refractivity contribution in [2.24, 2.45) is 0 Å². The molecule has 0 aliphatic carbocycles. The van der Waals surface area contributed by atoms with E-state index in [1.165, 1.54) is 6.07 Å². The van der Waals surface area contributed by atoms with Crippen molar-refractivity contribution in [2.75, 3.05) is 24.6 Å². The molecule has 0 saturated carbocycles. The van der Waals surface area contributed by atoms with Gasteiger partial charge in [-0.15, -0.1) is 12.8 Å². The zero-order chi connectivity index (χ0) is 22.3. The predicted octanol–water partition coefficient (Wildman–Crippen LogP) is 6.39. The van der Waals surface area contributed by atoms with Crippen LogP contribution in [0.5, 0.6) is 0 Å². The summed E-state index contributed by atoms with van der Waals surface area (Å²) in [6, 6.07) is 3.10. The van der Waals surface area contributed by atoms with Crippen molar-refractivity contribution < 1.29 is 9.13 Å². The van der Waals surface area contributed by atoms with Crippen molar-refractivity contribution in [2.45, 2.75) is 46.3 Å². The second-order valence-electron chi connectivity index (χ2n) is 6.77. The SMILES string of the molecule is C#C.C/C=C(Cl)\C=C(\Cl)CC1OCCCn2c1nc1cc(F)cc(N(CC)CC)c12. The van der Waals surface area contributed by atoms with Crippen LogP contribution in [0.15, 0.2) is 34.3 Å². The number of allylic oxidation sites excluding steroid dienone is 3. The van der Waals surface area contributed by atoms with Gasteiger partial charge in [0, 0.05) is 48.8 Å². The Hall–Kier alpha value is -2.00. The molecule has 7 heteroatoms. The largest absolute Gasteiger partial charge is 0.370 e. The second-order valence-corrected chi connectivity index (χ2v) is 7.69. The number of nitrogens with zero attached hydrogens (tertiary/aromatic N) is 3. The number of rotatable bonds is 6. The van der Waals surface area contributed by atoms with Crippen LogP contribution in [0.3, 0.4) is 0 Å². The standard InChI is InChI=1S/C21H26Cl2FN3O.C2H2/c1-4-14(22)10-15(23)11-19-21-25-17-12-16(24)13-18(26(5-2)6-3)20(17)27(21)8-7-9-28-19;1-2/h4,10,12-13,19H,5-9,11H2,1-3H3;1-2H/b14-4+,15-10+;. The van der Waals surface area contributed by atoms with Crippen molar-refractivity contribution in [1.29, 1.82) is 0 Å². The summed E-state index contributed by atoms with van der Waals surface area (Å²) in [5, 5.41) is 1.18. The monoisotopic (exact) mass is 451 g/mol. The van der Waals surface area contributed by atoms with Crippen LogP contribution >= 0.6 is 23.2 Å². The van der Waals surface area contributed by atoms with Gasteiger partial charge in [0.25, 0.3) is 0 Å². The number of halogens is 3. The molecular formula is C23H28Cl2FN3O. The first-order valence-corrected chi connectivity index (χ1v) is 10.8. The molecule has 0 N–H and O–H groups in total. The van der Waals surface area contributed by atoms with Crippen LogP contribution in [0.25, 0.3) is 11.0 Å². The molecule has 1 aromatic heterocycles. The molecule has 1 aromatic carbocycles. The molecule has 1 aliphatic heterocycles. The fourth-order valence-electron chi connectivity index (χ4n) is 3.65. The van der Waals surface area contributed by atoms with E-state index in [1.807, 2.05) is 6.92 Å². The number of hydrogen-bond donors (Lipinski definition) is 0. The number of benzene rings is 1. The molecule has 162 valence electrons. The molecule has 1 unspecified atom stereocenters. The van der Waals surface area contributed by atoms with Gasteiger partial charge in [-0.25, -0.2) is 9.37 Å². The van der Waals surface area contributed by atoms with E-state index in [-0.39, 0.29) is 11.9 Å². The van der Waals surface area contributed by atoms with E-state index in [0.717, 1.165) is 43.1 Å². The summed E-state index contributed by atoms with van der Waals surface area (Å²) in [5.41, 5.74) is 2.49. The maximum Gasteiger partial charge on any atom is 0.139 e. The Balaban J connectivity index is 0.00000155. The molecule has 0 radical (unpaired) electrons. The smallest absolute Gasteiger partial charge is 0.139 e. The fourth-order valence-corrected chi connectivity index (χ4v) is 4.10. The molecule has 4 nitrogen and oxygen atoms in total. The fraction of sp³-hybridized carbons (Fsp3) is 0.435. The lowest BCUT2D eigenvalue weighted by molar-refractivity contribution is 0.0548. The van der Waals surface area contributed by atoms with E-state index in [0.29, 0.717) is 28.6 Å². The number of ether oxygens (including phenoxy) is 1. The Morgan fingerprint density at radius 3 is 2.67 bits per heavy atom. The molecule has 30 heavy (non-hydrogen) atoms. The summed E-state index contributed by atoms with van der Waals surface area (Å²) in [5.74, 6) is 0.507. The minimum Gasteiger partial charge on any atom is -0.370 e. The van der Waals surface area contributed by atoms with E-state index in [9.17, 15) is 4.39 Å². The molecule has 2 aromatic rings. The van der Waals surface area contributed by atoms with Crippen molar-refractivity contribution in [3.05, 3.63) is 46.0 Å². The number of aromatic nitrogens is 2. The molecule has 3 rings (SSSR count). The van der Waals surface area contributed by atoms with Gasteiger partial charge in [-0.3, -0.25) is 0 Å². The number of fused-ring (bicyclic) bond motifs is 3. The number of terminal acetylenes is 1. The van der Waals surface area contributed by atoms with E-state index in [4.69, 9.17) is 32.9 Å². The van der Waals surface area contributed by atoms with Gasteiger partial charge < -0.3 is 14.2 Å². The third-order valence-electron chi connectivity index (χ3n) is 5.00. The summed E-state index contributed by atoms with van der Waals surface area (Å²) in [4.78, 5) is 6.91. The summed E-state index contributed by atoms with van der Waals surface area (Å²) < 4.78 is 22.5. The van der Waals surface area contributed by atoms with Crippen LogP contribution in [0.4, 0.5) is 10.1 Å². The predicted molar refractivity (Wildman–Crippen MR) is 125 cm³/mol. The normalized spacial score (nSPS) is 17.1. The zero-order valence-electron chi connectivity index (χ0n) is 17.7. The minimum absolute atomic E-state index is 0.280. The van der Waals surface area contributed by atoms with Gasteiger partial charge in [-0.2, -0.15) is 0 Å². The van der Waals surface area contributed by atoms with Crippen molar-refractivity contribution >= 4 is 39.9 Å². The molecule has 0 saturated heterocycles. The van der Waals surface area contributed by atoms with E-state index in [2.05, 4.69) is 36.2 Å². The molecule has 0 fully saturated rings. The van der Waals surface area contributed by atoms with Crippen molar-refractivity contribution in [3.63, 3.8) is 0 Å². The van der Waals surface area contributed by atoms with Gasteiger partial charge in [-0.1, -0.05) is 29.3 Å². The zero-order valence-corrected chi connectivity index (χ0v) is 19.2. The highest BCUT2D eigenvalue weighted by Gasteiger charge is 2.27. The Bertz CT molecular complexity index is 945. The Kier molecular flexibility index (Phi) is 9.23. The summed E-state index contributed by atoms with van der Waals surface area (Å²) in [7, 11) is 0. The number of hydrogen-bond acceptors (Lipinski definition) is 3. The van der Waals surface area contributed by atoms with Gasteiger partial charge in [0.15, 0.2) is 0 Å². The number of imidazole rings is 1. The van der Waals surface area contributed by atoms with Crippen LogP contribution in [0.2, 0.25) is 0 Å². The third kappa shape index (κ3) is 5.37. The van der Waals surface area contributed by atoms with E-state index in [1.54, 1.807) is 18.2 Å². The Morgan fingerprint density at radius 1 is 1.33 bits per heavy atom. The van der Waals surface area contributed by atoms with Crippen LogP contribution in [-0.2, 0) is 11.3 Å². The summed E-state index contributed by atoms with van der Waals surface area (Å²) >= 11 is 12.5. The Labute approximate surface area is 188 Å². The summed E-state index contributed by atoms with van der Waals surface area (Å²) in [6.45, 7) is 8.99. The maximum absolute atomic E-state index is 14.3. The molecule has 1 atom stereocenters. The molecule has 0 bridgehead atoms. The molecule has 2 heterocycles. The van der Waals surface area contributed by atoms with Crippen molar-refractivity contribution in [3.8, 4) is 12.8 Å². The van der Waals surface area contributed by atoms with Crippen LogP contribution in [0, 0.1) is 18.7 Å². The van der Waals surface area contributed by atoms with Gasteiger partial charge in [0.1, 0.15) is 17.7 Å². The topological polar surface area (TPSA) is 30.3 Å². The first-order valence-electron chi connectivity index (χ1n) is 10.1. The second kappa shape index (κ2) is 11.4. The van der Waals surface area contributed by atoms with E-state index < -0.39 is 0 Å². The first kappa shape index (κ1) is 24.3. The highest BCUT2D eigenvalue weighted by Crippen LogP contribution is 2.36. The van der Waals surface area contributed by atoms with E-state index >= 15 is 0 Å². The highest BCUT2D eigenvalue weighted by atomic mass is 35.5. The van der Waals surface area contributed by atoms with Crippen LogP contribution in [-0.4, -0.2) is 29.2 Å². The van der Waals surface area contributed by atoms with Crippen LogP contribution in [0.1, 0.15) is 45.5 Å². The lowest BCUT2D eigenvalue weighted by atomic mass is 10.2. The lowest BCUT2D eigenvalue weighted by Crippen LogP contribution is -2.23. The third-order valence-corrected chi connectivity index (χ3v) is 5.59. The number of aryl methyl sites for hydroxylation is 1. The first-order chi connectivity index (χ1) is 14.5. The van der Waals surface area contributed by atoms with Gasteiger partial charge in [0.05, 0.1) is 16.7 Å². The molecule has 0 spiro atoms. The van der Waals surface area contributed by atoms with Gasteiger partial charge in [-0.05, 0) is 39.3 Å². The number of anilines is 1. The average molecular weight is 452 g/mol. The van der Waals surface area contributed by atoms with Gasteiger partial charge in [0.2, 0.25) is 0 Å². The summed E-state index contributed by atoms with van der Waals surface area (Å²) in [6.07, 6.45) is 12.5. The molecule has 0 amide bonds. The highest BCUT2D eigenvalue weighted by molar-refractivity contribution is 6.34. The Morgan fingerprint density at radius 2 is 2.03 bits per heavy atom. The molecular weight excluding hydrogens is 424 g/mol. The lowest BCUT2D eigenvalue weighted by Gasteiger charge is -2.23. The van der Waals surface area contributed by atoms with Crippen LogP contribution < -0.4 is 4.90 Å². The van der Waals surface area contributed by atoms with Gasteiger partial charge >= 0.3 is 0 Å². The van der Waals surface area contributed by atoms with Crippen molar-refractivity contribution in [1.82, 2.24) is 9.55 Å². The maximum atomic E-state index is 14.3. The molecule has 1 aliphatic rings. The average Bonchev–Trinajstić information content (AvgIpc) is 2.99.